The molecule has 0 heterocycles. The van der Waals surface area contributed by atoms with Crippen molar-refractivity contribution in [3.63, 3.8) is 0 Å². The van der Waals surface area contributed by atoms with Gasteiger partial charge in [0.25, 0.3) is 11.8 Å². The highest BCUT2D eigenvalue weighted by Crippen LogP contribution is 2.16. The van der Waals surface area contributed by atoms with E-state index < -0.39 is 46.3 Å². The molecule has 1 atom stereocenters. The van der Waals surface area contributed by atoms with Crippen molar-refractivity contribution in [2.24, 2.45) is 0 Å². The molecule has 0 aliphatic rings. The van der Waals surface area contributed by atoms with Crippen molar-refractivity contribution in [3.8, 4) is 0 Å². The van der Waals surface area contributed by atoms with Gasteiger partial charge in [-0.1, -0.05) is 19.9 Å². The van der Waals surface area contributed by atoms with Gasteiger partial charge >= 0.3 is 5.97 Å². The van der Waals surface area contributed by atoms with Gasteiger partial charge in [-0.05, 0) is 49.4 Å². The summed E-state index contributed by atoms with van der Waals surface area (Å²) >= 11 is 0. The van der Waals surface area contributed by atoms with Crippen LogP contribution >= 0.6 is 0 Å². The fraction of sp³-hybridized carbons (Fsp3) is 0.318. The monoisotopic (exact) mass is 479 g/mol. The van der Waals surface area contributed by atoms with E-state index in [9.17, 15) is 27.2 Å². The Labute approximate surface area is 192 Å². The second kappa shape index (κ2) is 11.5. The molecule has 2 aromatic rings. The highest BCUT2D eigenvalue weighted by molar-refractivity contribution is 7.89. The Kier molecular flexibility index (Phi) is 9.06. The van der Waals surface area contributed by atoms with E-state index in [-0.39, 0.29) is 16.1 Å². The molecule has 1 unspecified atom stereocenters. The third-order valence-electron chi connectivity index (χ3n) is 4.62. The van der Waals surface area contributed by atoms with Crippen LogP contribution in [0.25, 0.3) is 0 Å². The minimum atomic E-state index is -3.65. The quantitative estimate of drug-likeness (QED) is 0.504. The van der Waals surface area contributed by atoms with Crippen LogP contribution in [0, 0.1) is 5.82 Å². The average molecular weight is 480 g/mol. The van der Waals surface area contributed by atoms with E-state index in [0.29, 0.717) is 13.1 Å². The molecule has 2 N–H and O–H groups in total. The number of nitrogens with zero attached hydrogens (tertiary/aromatic N) is 1. The van der Waals surface area contributed by atoms with Crippen molar-refractivity contribution in [2.45, 2.75) is 31.8 Å². The topological polar surface area (TPSA) is 122 Å². The number of sulfonamides is 1. The van der Waals surface area contributed by atoms with E-state index in [2.05, 4.69) is 10.6 Å². The first kappa shape index (κ1) is 25.9. The lowest BCUT2D eigenvalue weighted by Crippen LogP contribution is -2.35. The van der Waals surface area contributed by atoms with E-state index in [1.54, 1.807) is 13.8 Å². The Morgan fingerprint density at radius 1 is 1.06 bits per heavy atom. The molecular weight excluding hydrogens is 453 g/mol. The minimum Gasteiger partial charge on any atom is -0.451 e. The van der Waals surface area contributed by atoms with Crippen molar-refractivity contribution in [3.05, 3.63) is 59.9 Å². The van der Waals surface area contributed by atoms with Gasteiger partial charge in [0.05, 0.1) is 4.90 Å². The van der Waals surface area contributed by atoms with Crippen LogP contribution in [0.1, 0.15) is 31.1 Å². The molecule has 0 saturated heterocycles. The number of rotatable bonds is 10. The van der Waals surface area contributed by atoms with Gasteiger partial charge in [0, 0.05) is 24.3 Å². The van der Waals surface area contributed by atoms with Crippen LogP contribution in [0.2, 0.25) is 0 Å². The minimum absolute atomic E-state index is 0.0558. The summed E-state index contributed by atoms with van der Waals surface area (Å²) in [5.74, 6) is -2.66. The lowest BCUT2D eigenvalue weighted by molar-refractivity contribution is -0.152. The Morgan fingerprint density at radius 3 is 2.27 bits per heavy atom. The maximum absolute atomic E-state index is 13.2. The van der Waals surface area contributed by atoms with Crippen LogP contribution in [0.5, 0.6) is 0 Å². The number of halogens is 1. The molecule has 2 aromatic carbocycles. The van der Waals surface area contributed by atoms with Crippen LogP contribution in [0.4, 0.5) is 10.1 Å². The van der Waals surface area contributed by atoms with E-state index in [0.717, 1.165) is 6.07 Å². The Morgan fingerprint density at radius 2 is 1.70 bits per heavy atom. The summed E-state index contributed by atoms with van der Waals surface area (Å²) in [5, 5.41) is 4.77. The lowest BCUT2D eigenvalue weighted by Gasteiger charge is -2.18. The van der Waals surface area contributed by atoms with Crippen molar-refractivity contribution < 1.29 is 31.9 Å². The number of benzene rings is 2. The van der Waals surface area contributed by atoms with Gasteiger partial charge in [0.2, 0.25) is 10.0 Å². The zero-order chi connectivity index (χ0) is 24.6. The molecule has 0 radical (unpaired) electrons. The average Bonchev–Trinajstić information content (AvgIpc) is 2.78. The van der Waals surface area contributed by atoms with Crippen LogP contribution in [0.3, 0.4) is 0 Å². The molecule has 0 saturated carbocycles. The summed E-state index contributed by atoms with van der Waals surface area (Å²) in [6.45, 7) is 4.94. The van der Waals surface area contributed by atoms with Crippen molar-refractivity contribution >= 4 is 33.5 Å². The zero-order valence-electron chi connectivity index (χ0n) is 18.5. The number of anilines is 1. The molecule has 178 valence electrons. The molecule has 33 heavy (non-hydrogen) atoms. The van der Waals surface area contributed by atoms with Gasteiger partial charge in [-0.25, -0.2) is 12.8 Å². The van der Waals surface area contributed by atoms with Gasteiger partial charge in [-0.15, -0.1) is 0 Å². The second-order valence-electron chi connectivity index (χ2n) is 6.93. The highest BCUT2D eigenvalue weighted by Gasteiger charge is 2.22. The largest absolute Gasteiger partial charge is 0.451 e. The maximum atomic E-state index is 13.2. The summed E-state index contributed by atoms with van der Waals surface area (Å²) in [4.78, 5) is 36.3. The standard InChI is InChI=1S/C22H26FN3O6S/c1-4-26(5-2)33(30,31)19-11-9-16(10-12-19)22(29)24-14-20(27)32-15(3)21(28)25-18-8-6-7-17(23)13-18/h6-13,15H,4-5,14H2,1-3H3,(H,24,29)(H,25,28). The summed E-state index contributed by atoms with van der Waals surface area (Å²) in [6, 6.07) is 10.6. The van der Waals surface area contributed by atoms with Crippen molar-refractivity contribution in [1.82, 2.24) is 9.62 Å². The van der Waals surface area contributed by atoms with E-state index >= 15 is 0 Å². The molecule has 2 rings (SSSR count). The summed E-state index contributed by atoms with van der Waals surface area (Å²) < 4.78 is 44.4. The van der Waals surface area contributed by atoms with E-state index in [4.69, 9.17) is 4.74 Å². The van der Waals surface area contributed by atoms with Crippen molar-refractivity contribution in [1.29, 1.82) is 0 Å². The molecule has 0 aromatic heterocycles. The first-order chi connectivity index (χ1) is 15.6. The highest BCUT2D eigenvalue weighted by atomic mass is 32.2. The number of hydrogen-bond acceptors (Lipinski definition) is 6. The van der Waals surface area contributed by atoms with E-state index in [1.165, 1.54) is 53.7 Å². The Hall–Kier alpha value is -3.31. The van der Waals surface area contributed by atoms with E-state index in [1.807, 2.05) is 0 Å². The molecule has 0 spiro atoms. The molecule has 9 nitrogen and oxygen atoms in total. The number of carbonyl (C=O) groups is 3. The predicted molar refractivity (Wildman–Crippen MR) is 119 cm³/mol. The molecule has 0 bridgehead atoms. The number of esters is 1. The van der Waals surface area contributed by atoms with Crippen LogP contribution in [-0.2, 0) is 24.3 Å². The maximum Gasteiger partial charge on any atom is 0.326 e. The summed E-state index contributed by atoms with van der Waals surface area (Å²) in [6.07, 6.45) is -1.18. The molecule has 11 heteroatoms. The fourth-order valence-electron chi connectivity index (χ4n) is 2.85. The third kappa shape index (κ3) is 7.09. The first-order valence-corrected chi connectivity index (χ1v) is 11.7. The lowest BCUT2D eigenvalue weighted by atomic mass is 10.2. The molecule has 0 aliphatic heterocycles. The van der Waals surface area contributed by atoms with Gasteiger partial charge < -0.3 is 15.4 Å². The van der Waals surface area contributed by atoms with Crippen LogP contribution < -0.4 is 10.6 Å². The number of amides is 2. The molecule has 2 amide bonds. The zero-order valence-corrected chi connectivity index (χ0v) is 19.3. The fourth-order valence-corrected chi connectivity index (χ4v) is 4.31. The smallest absolute Gasteiger partial charge is 0.326 e. The summed E-state index contributed by atoms with van der Waals surface area (Å²) in [5.41, 5.74) is 0.362. The molecule has 0 fully saturated rings. The van der Waals surface area contributed by atoms with Gasteiger partial charge in [0.15, 0.2) is 6.10 Å². The van der Waals surface area contributed by atoms with Gasteiger partial charge in [-0.3, -0.25) is 14.4 Å². The normalized spacial score (nSPS) is 12.2. The van der Waals surface area contributed by atoms with Gasteiger partial charge in [-0.2, -0.15) is 4.31 Å². The second-order valence-corrected chi connectivity index (χ2v) is 8.87. The number of ether oxygens (including phenoxy) is 1. The SMILES string of the molecule is CCN(CC)S(=O)(=O)c1ccc(C(=O)NCC(=O)OC(C)C(=O)Nc2cccc(F)c2)cc1. The summed E-state index contributed by atoms with van der Waals surface area (Å²) in [7, 11) is -3.65. The first-order valence-electron chi connectivity index (χ1n) is 10.2. The van der Waals surface area contributed by atoms with Crippen molar-refractivity contribution in [2.75, 3.05) is 25.0 Å². The third-order valence-corrected chi connectivity index (χ3v) is 6.69. The van der Waals surface area contributed by atoms with Gasteiger partial charge in [0.1, 0.15) is 12.4 Å². The number of carbonyl (C=O) groups excluding carboxylic acids is 3. The molecule has 0 aliphatic carbocycles. The number of hydrogen-bond donors (Lipinski definition) is 2. The molecular formula is C22H26FN3O6S. The number of nitrogens with one attached hydrogen (secondary N) is 2. The van der Waals surface area contributed by atoms with Crippen LogP contribution in [0.15, 0.2) is 53.4 Å². The Bertz CT molecular complexity index is 1100. The van der Waals surface area contributed by atoms with Crippen LogP contribution in [-0.4, -0.2) is 56.2 Å². The predicted octanol–water partition coefficient (Wildman–Crippen LogP) is 2.16. The Balaban J connectivity index is 1.88.